The Hall–Kier alpha value is -4.81. The lowest BCUT2D eigenvalue weighted by Gasteiger charge is -2.26. The van der Waals surface area contributed by atoms with Gasteiger partial charge < -0.3 is 25.8 Å². The van der Waals surface area contributed by atoms with Gasteiger partial charge in [0.05, 0.1) is 18.9 Å². The summed E-state index contributed by atoms with van der Waals surface area (Å²) >= 11 is 0. The smallest absolute Gasteiger partial charge is 0.325 e. The third kappa shape index (κ3) is 7.68. The van der Waals surface area contributed by atoms with Crippen molar-refractivity contribution in [3.05, 3.63) is 72.6 Å². The van der Waals surface area contributed by atoms with Crippen LogP contribution in [0.15, 0.2) is 67.0 Å². The van der Waals surface area contributed by atoms with Gasteiger partial charge in [-0.05, 0) is 49.2 Å². The Morgan fingerprint density at radius 3 is 2.62 bits per heavy atom. The van der Waals surface area contributed by atoms with Crippen LogP contribution in [0.4, 0.5) is 22.1 Å². The molecule has 2 amide bonds. The van der Waals surface area contributed by atoms with Crippen molar-refractivity contribution in [3.63, 3.8) is 0 Å². The van der Waals surface area contributed by atoms with E-state index in [0.29, 0.717) is 35.1 Å². The molecule has 3 heterocycles. The molecule has 0 aliphatic carbocycles. The van der Waals surface area contributed by atoms with Crippen molar-refractivity contribution in [1.29, 1.82) is 0 Å². The van der Waals surface area contributed by atoms with Crippen LogP contribution < -0.4 is 16.0 Å². The van der Waals surface area contributed by atoms with Crippen molar-refractivity contribution < 1.29 is 19.4 Å². The van der Waals surface area contributed by atoms with Crippen molar-refractivity contribution in [1.82, 2.24) is 30.0 Å². The lowest BCUT2D eigenvalue weighted by molar-refractivity contribution is -0.137. The summed E-state index contributed by atoms with van der Waals surface area (Å²) in [7, 11) is 0. The predicted octanol–water partition coefficient (Wildman–Crippen LogP) is 3.85. The van der Waals surface area contributed by atoms with Crippen LogP contribution in [-0.2, 0) is 22.5 Å². The Morgan fingerprint density at radius 1 is 1.05 bits per heavy atom. The summed E-state index contributed by atoms with van der Waals surface area (Å²) in [6, 6.07) is 16.9. The fourth-order valence-corrected chi connectivity index (χ4v) is 4.70. The molecule has 1 fully saturated rings. The number of urea groups is 1. The number of carbonyl (C=O) groups is 2. The molecule has 0 atom stereocenters. The minimum absolute atomic E-state index is 0.291. The quantitative estimate of drug-likeness (QED) is 0.211. The van der Waals surface area contributed by atoms with Gasteiger partial charge in [-0.3, -0.25) is 14.4 Å². The van der Waals surface area contributed by atoms with E-state index in [2.05, 4.69) is 43.1 Å². The van der Waals surface area contributed by atoms with Gasteiger partial charge in [0, 0.05) is 61.1 Å². The number of carboxylic acid groups (broad SMARTS) is 1. The predicted molar refractivity (Wildman–Crippen MR) is 160 cm³/mol. The fourth-order valence-electron chi connectivity index (χ4n) is 4.70. The summed E-state index contributed by atoms with van der Waals surface area (Å²) in [5.41, 5.74) is 5.27. The fraction of sp³-hybridized carbons (Fsp3) is 0.300. The molecule has 0 spiro atoms. The summed E-state index contributed by atoms with van der Waals surface area (Å²) in [5.74, 6) is -0.591. The number of amides is 2. The van der Waals surface area contributed by atoms with Gasteiger partial charge in [-0.2, -0.15) is 5.10 Å². The number of morpholine rings is 1. The molecule has 2 aromatic heterocycles. The van der Waals surface area contributed by atoms with E-state index in [1.807, 2.05) is 31.2 Å². The highest BCUT2D eigenvalue weighted by atomic mass is 16.5. The van der Waals surface area contributed by atoms with Gasteiger partial charge in [0.2, 0.25) is 5.95 Å². The molecule has 1 aliphatic rings. The third-order valence-corrected chi connectivity index (χ3v) is 6.75. The van der Waals surface area contributed by atoms with E-state index >= 15 is 0 Å². The highest BCUT2D eigenvalue weighted by Gasteiger charge is 2.17. The molecule has 12 heteroatoms. The number of carboxylic acids is 1. The van der Waals surface area contributed by atoms with E-state index in [4.69, 9.17) is 9.72 Å². The average molecular weight is 571 g/mol. The number of rotatable bonds is 11. The molecule has 0 saturated carbocycles. The van der Waals surface area contributed by atoms with Crippen LogP contribution in [0.2, 0.25) is 0 Å². The van der Waals surface area contributed by atoms with Gasteiger partial charge in [0.1, 0.15) is 12.2 Å². The molecule has 4 N–H and O–H groups in total. The molecule has 0 radical (unpaired) electrons. The third-order valence-electron chi connectivity index (χ3n) is 6.75. The molecule has 42 heavy (non-hydrogen) atoms. The highest BCUT2D eigenvalue weighted by Crippen LogP contribution is 2.31. The van der Waals surface area contributed by atoms with Crippen molar-refractivity contribution in [2.75, 3.05) is 50.0 Å². The van der Waals surface area contributed by atoms with Crippen molar-refractivity contribution in [2.24, 2.45) is 0 Å². The van der Waals surface area contributed by atoms with Gasteiger partial charge in [0.15, 0.2) is 0 Å². The van der Waals surface area contributed by atoms with E-state index < -0.39 is 5.97 Å². The lowest BCUT2D eigenvalue weighted by atomic mass is 10.1. The van der Waals surface area contributed by atoms with Crippen LogP contribution in [0, 0.1) is 0 Å². The number of benzene rings is 2. The first kappa shape index (κ1) is 28.7. The van der Waals surface area contributed by atoms with Crippen molar-refractivity contribution >= 4 is 29.3 Å². The summed E-state index contributed by atoms with van der Waals surface area (Å²) < 4.78 is 6.82. The van der Waals surface area contributed by atoms with E-state index in [9.17, 15) is 14.7 Å². The number of aliphatic carboxylic acids is 1. The van der Waals surface area contributed by atoms with Crippen LogP contribution in [-0.4, -0.2) is 81.1 Å². The highest BCUT2D eigenvalue weighted by molar-refractivity contribution is 5.90. The zero-order chi connectivity index (χ0) is 29.3. The molecular weight excluding hydrogens is 536 g/mol. The second-order valence-corrected chi connectivity index (χ2v) is 9.84. The summed E-state index contributed by atoms with van der Waals surface area (Å²) in [6.45, 7) is 6.53. The Bertz CT molecular complexity index is 1520. The zero-order valence-corrected chi connectivity index (χ0v) is 23.4. The van der Waals surface area contributed by atoms with Gasteiger partial charge in [-0.25, -0.2) is 14.8 Å². The van der Waals surface area contributed by atoms with Crippen LogP contribution in [0.3, 0.4) is 0 Å². The van der Waals surface area contributed by atoms with Gasteiger partial charge in [0.25, 0.3) is 0 Å². The number of hydrogen-bond donors (Lipinski definition) is 4. The number of nitrogens with one attached hydrogen (secondary N) is 3. The number of nitrogens with zero attached hydrogens (tertiary/aromatic N) is 5. The maximum atomic E-state index is 11.9. The molecular formula is C30H34N8O4. The van der Waals surface area contributed by atoms with Crippen LogP contribution in [0.5, 0.6) is 0 Å². The molecule has 1 saturated heterocycles. The number of ether oxygens (including phenoxy) is 1. The minimum atomic E-state index is -1.00. The number of anilines is 3. The first-order chi connectivity index (χ1) is 20.5. The zero-order valence-electron chi connectivity index (χ0n) is 23.4. The molecule has 4 aromatic rings. The van der Waals surface area contributed by atoms with Crippen LogP contribution >= 0.6 is 0 Å². The maximum Gasteiger partial charge on any atom is 0.325 e. The second kappa shape index (κ2) is 13.7. The summed E-state index contributed by atoms with van der Waals surface area (Å²) in [6.07, 6.45) is 4.26. The van der Waals surface area contributed by atoms with Gasteiger partial charge in [-0.15, -0.1) is 0 Å². The Balaban J connectivity index is 1.35. The first-order valence-electron chi connectivity index (χ1n) is 13.9. The lowest BCUT2D eigenvalue weighted by Crippen LogP contribution is -2.37. The molecule has 0 unspecified atom stereocenters. The summed E-state index contributed by atoms with van der Waals surface area (Å²) in [4.78, 5) is 34.9. The monoisotopic (exact) mass is 570 g/mol. The molecule has 2 aromatic carbocycles. The van der Waals surface area contributed by atoms with E-state index in [1.165, 1.54) is 10.2 Å². The topological polar surface area (TPSA) is 147 Å². The Morgan fingerprint density at radius 2 is 1.86 bits per heavy atom. The van der Waals surface area contributed by atoms with Crippen molar-refractivity contribution in [2.45, 2.75) is 19.9 Å². The largest absolute Gasteiger partial charge is 0.480 e. The minimum Gasteiger partial charge on any atom is -0.480 e. The normalized spacial score (nSPS) is 13.5. The standard InChI is InChI=1S/C30H34N8O4/c1-2-31-30(41)34-23-8-6-22(7-9-23)28-25(19-38(36-28)20-27(39)40)26-10-12-32-29(35-26)33-24-5-3-4-21(18-24)11-13-37-14-16-42-17-15-37/h3-10,12,18-19H,2,11,13-17,20H2,1H3,(H,39,40)(H2,31,34,41)(H,32,33,35). The molecule has 0 bridgehead atoms. The molecule has 218 valence electrons. The Labute approximate surface area is 243 Å². The van der Waals surface area contributed by atoms with Crippen LogP contribution in [0.1, 0.15) is 12.5 Å². The number of carbonyl (C=O) groups excluding carboxylic acids is 1. The van der Waals surface area contributed by atoms with E-state index in [-0.39, 0.29) is 12.6 Å². The second-order valence-electron chi connectivity index (χ2n) is 9.84. The van der Waals surface area contributed by atoms with E-state index in [0.717, 1.165) is 50.5 Å². The number of hydrogen-bond acceptors (Lipinski definition) is 8. The van der Waals surface area contributed by atoms with Crippen molar-refractivity contribution in [3.8, 4) is 22.5 Å². The van der Waals surface area contributed by atoms with Gasteiger partial charge >= 0.3 is 12.0 Å². The summed E-state index contributed by atoms with van der Waals surface area (Å²) in [5, 5.41) is 22.7. The average Bonchev–Trinajstić information content (AvgIpc) is 3.40. The molecule has 5 rings (SSSR count). The van der Waals surface area contributed by atoms with Gasteiger partial charge in [-0.1, -0.05) is 24.3 Å². The van der Waals surface area contributed by atoms with E-state index in [1.54, 1.807) is 30.6 Å². The SMILES string of the molecule is CCNC(=O)Nc1ccc(-c2nn(CC(=O)O)cc2-c2ccnc(Nc3cccc(CCN4CCOCC4)c3)n2)cc1. The number of aromatic nitrogens is 4. The maximum absolute atomic E-state index is 11.9. The Kier molecular flexibility index (Phi) is 9.37. The molecule has 12 nitrogen and oxygen atoms in total. The van der Waals surface area contributed by atoms with Crippen LogP contribution in [0.25, 0.3) is 22.5 Å². The molecule has 1 aliphatic heterocycles. The first-order valence-corrected chi connectivity index (χ1v) is 13.9.